The molecule has 0 atom stereocenters. The van der Waals surface area contributed by atoms with Crippen LogP contribution in [0.4, 0.5) is 0 Å². The summed E-state index contributed by atoms with van der Waals surface area (Å²) in [5.74, 6) is -0.105. The largest absolute Gasteiger partial charge is 0.336 e. The molecule has 0 spiro atoms. The number of amides is 2. The Hall–Kier alpha value is -2.30. The number of carbonyl (C=O) groups excluding carboxylic acids is 2. The molecule has 1 aliphatic heterocycles. The van der Waals surface area contributed by atoms with Gasteiger partial charge >= 0.3 is 0 Å². The highest BCUT2D eigenvalue weighted by Crippen LogP contribution is 2.26. The fourth-order valence-corrected chi connectivity index (χ4v) is 3.18. The first-order valence-corrected chi connectivity index (χ1v) is 9.07. The van der Waals surface area contributed by atoms with Crippen LogP contribution in [0.25, 0.3) is 6.08 Å². The highest BCUT2D eigenvalue weighted by molar-refractivity contribution is 6.42. The van der Waals surface area contributed by atoms with Crippen LogP contribution in [0.5, 0.6) is 0 Å². The molecule has 0 aromatic heterocycles. The van der Waals surface area contributed by atoms with Gasteiger partial charge in [0.2, 0.25) is 5.91 Å². The minimum Gasteiger partial charge on any atom is -0.336 e. The maximum Gasteiger partial charge on any atom is 0.253 e. The van der Waals surface area contributed by atoms with E-state index in [1.165, 1.54) is 6.08 Å². The van der Waals surface area contributed by atoms with Gasteiger partial charge in [0.05, 0.1) is 10.0 Å². The molecule has 26 heavy (non-hydrogen) atoms. The van der Waals surface area contributed by atoms with Crippen LogP contribution in [0.2, 0.25) is 10.0 Å². The highest BCUT2D eigenvalue weighted by atomic mass is 35.5. The van der Waals surface area contributed by atoms with E-state index in [0.717, 1.165) is 0 Å². The third-order valence-electron chi connectivity index (χ3n) is 4.29. The maximum atomic E-state index is 12.4. The molecule has 0 bridgehead atoms. The van der Waals surface area contributed by atoms with Crippen molar-refractivity contribution in [1.29, 1.82) is 0 Å². The summed E-state index contributed by atoms with van der Waals surface area (Å²) in [6, 6.07) is 14.5. The highest BCUT2D eigenvalue weighted by Gasteiger charge is 2.23. The fraction of sp³-hybridized carbons (Fsp3) is 0.200. The van der Waals surface area contributed by atoms with Gasteiger partial charge in [0, 0.05) is 37.8 Å². The quantitative estimate of drug-likeness (QED) is 0.745. The number of hydrogen-bond donors (Lipinski definition) is 0. The van der Waals surface area contributed by atoms with Crippen LogP contribution < -0.4 is 0 Å². The van der Waals surface area contributed by atoms with Crippen molar-refractivity contribution in [2.75, 3.05) is 26.2 Å². The van der Waals surface area contributed by atoms with E-state index in [9.17, 15) is 9.59 Å². The summed E-state index contributed by atoms with van der Waals surface area (Å²) in [6.45, 7) is 2.05. The monoisotopic (exact) mass is 388 g/mol. The van der Waals surface area contributed by atoms with E-state index >= 15 is 0 Å². The van der Waals surface area contributed by atoms with Gasteiger partial charge in [0.25, 0.3) is 5.91 Å². The number of carbonyl (C=O) groups is 2. The zero-order valence-corrected chi connectivity index (χ0v) is 15.6. The molecule has 0 N–H and O–H groups in total. The van der Waals surface area contributed by atoms with Crippen LogP contribution in [-0.4, -0.2) is 47.8 Å². The summed E-state index contributed by atoms with van der Waals surface area (Å²) in [5, 5.41) is 0.880. The van der Waals surface area contributed by atoms with Crippen LogP contribution in [-0.2, 0) is 4.79 Å². The Kier molecular flexibility index (Phi) is 5.96. The summed E-state index contributed by atoms with van der Waals surface area (Å²) in [4.78, 5) is 28.3. The minimum absolute atomic E-state index is 0.000972. The molecular weight excluding hydrogens is 371 g/mol. The van der Waals surface area contributed by atoms with Gasteiger partial charge < -0.3 is 9.80 Å². The third kappa shape index (κ3) is 4.26. The van der Waals surface area contributed by atoms with Crippen molar-refractivity contribution in [3.8, 4) is 0 Å². The third-order valence-corrected chi connectivity index (χ3v) is 5.12. The molecule has 134 valence electrons. The van der Waals surface area contributed by atoms with Crippen molar-refractivity contribution in [3.63, 3.8) is 0 Å². The van der Waals surface area contributed by atoms with Crippen LogP contribution in [0, 0.1) is 0 Å². The Morgan fingerprint density at radius 3 is 2.19 bits per heavy atom. The molecule has 1 aliphatic rings. The average Bonchev–Trinajstić information content (AvgIpc) is 2.69. The second-order valence-corrected chi connectivity index (χ2v) is 6.75. The first-order chi connectivity index (χ1) is 12.6. The Labute approximate surface area is 162 Å². The molecule has 1 saturated heterocycles. The van der Waals surface area contributed by atoms with Gasteiger partial charge in [-0.25, -0.2) is 0 Å². The predicted octanol–water partition coefficient (Wildman–Crippen LogP) is 3.99. The summed E-state index contributed by atoms with van der Waals surface area (Å²) in [6.07, 6.45) is 3.16. The lowest BCUT2D eigenvalue weighted by atomic mass is 10.1. The van der Waals surface area contributed by atoms with Crippen LogP contribution in [0.1, 0.15) is 15.9 Å². The second kappa shape index (κ2) is 8.39. The van der Waals surface area contributed by atoms with E-state index in [0.29, 0.717) is 47.4 Å². The molecule has 2 aromatic carbocycles. The summed E-state index contributed by atoms with van der Waals surface area (Å²) in [7, 11) is 0. The molecule has 0 unspecified atom stereocenters. The molecule has 1 heterocycles. The zero-order valence-electron chi connectivity index (χ0n) is 14.1. The number of hydrogen-bond acceptors (Lipinski definition) is 2. The summed E-state index contributed by atoms with van der Waals surface area (Å²) < 4.78 is 0. The predicted molar refractivity (Wildman–Crippen MR) is 104 cm³/mol. The van der Waals surface area contributed by atoms with Gasteiger partial charge in [-0.2, -0.15) is 0 Å². The van der Waals surface area contributed by atoms with Gasteiger partial charge in [0.1, 0.15) is 0 Å². The van der Waals surface area contributed by atoms with Gasteiger partial charge in [-0.3, -0.25) is 9.59 Å². The van der Waals surface area contributed by atoms with E-state index in [2.05, 4.69) is 0 Å². The number of piperazine rings is 1. The second-order valence-electron chi connectivity index (χ2n) is 5.96. The van der Waals surface area contributed by atoms with Gasteiger partial charge in [-0.1, -0.05) is 53.5 Å². The Balaban J connectivity index is 1.58. The normalized spacial score (nSPS) is 14.7. The molecular formula is C20H18Cl2N2O2. The maximum absolute atomic E-state index is 12.4. The van der Waals surface area contributed by atoms with Crippen molar-refractivity contribution in [1.82, 2.24) is 9.80 Å². The van der Waals surface area contributed by atoms with E-state index in [1.54, 1.807) is 46.2 Å². The first-order valence-electron chi connectivity index (χ1n) is 8.31. The molecule has 2 amide bonds. The van der Waals surface area contributed by atoms with Crippen LogP contribution in [0.15, 0.2) is 54.6 Å². The zero-order chi connectivity index (χ0) is 18.5. The standard InChI is InChI=1S/C20H18Cl2N2O2/c21-17-8-4-7-15(19(17)22)9-10-18(25)23-11-13-24(14-12-23)20(26)16-5-2-1-3-6-16/h1-10H,11-14H2/b10-9+. The van der Waals surface area contributed by atoms with Crippen molar-refractivity contribution >= 4 is 41.1 Å². The fourth-order valence-electron chi connectivity index (χ4n) is 2.81. The van der Waals surface area contributed by atoms with E-state index < -0.39 is 0 Å². The Morgan fingerprint density at radius 2 is 1.50 bits per heavy atom. The van der Waals surface area contributed by atoms with Gasteiger partial charge in [-0.15, -0.1) is 0 Å². The smallest absolute Gasteiger partial charge is 0.253 e. The lowest BCUT2D eigenvalue weighted by Gasteiger charge is -2.34. The van der Waals surface area contributed by atoms with Crippen molar-refractivity contribution in [3.05, 3.63) is 75.8 Å². The summed E-state index contributed by atoms with van der Waals surface area (Å²) in [5.41, 5.74) is 1.37. The molecule has 0 saturated carbocycles. The molecule has 3 rings (SSSR count). The topological polar surface area (TPSA) is 40.6 Å². The van der Waals surface area contributed by atoms with Crippen LogP contribution >= 0.6 is 23.2 Å². The van der Waals surface area contributed by atoms with E-state index in [-0.39, 0.29) is 11.8 Å². The molecule has 0 radical (unpaired) electrons. The molecule has 4 nitrogen and oxygen atoms in total. The molecule has 1 fully saturated rings. The SMILES string of the molecule is O=C(/C=C/c1cccc(Cl)c1Cl)N1CCN(C(=O)c2ccccc2)CC1. The van der Waals surface area contributed by atoms with Crippen molar-refractivity contribution in [2.45, 2.75) is 0 Å². The Bertz CT molecular complexity index is 829. The molecule has 0 aliphatic carbocycles. The van der Waals surface area contributed by atoms with Crippen LogP contribution in [0.3, 0.4) is 0 Å². The van der Waals surface area contributed by atoms with Crippen molar-refractivity contribution in [2.24, 2.45) is 0 Å². The average molecular weight is 389 g/mol. The van der Waals surface area contributed by atoms with E-state index in [1.807, 2.05) is 18.2 Å². The number of halogens is 2. The van der Waals surface area contributed by atoms with Crippen molar-refractivity contribution < 1.29 is 9.59 Å². The van der Waals surface area contributed by atoms with Gasteiger partial charge in [0.15, 0.2) is 0 Å². The molecule has 2 aromatic rings. The first kappa shape index (κ1) is 18.5. The lowest BCUT2D eigenvalue weighted by Crippen LogP contribution is -2.50. The Morgan fingerprint density at radius 1 is 0.846 bits per heavy atom. The number of rotatable bonds is 3. The molecule has 6 heteroatoms. The number of nitrogens with zero attached hydrogens (tertiary/aromatic N) is 2. The van der Waals surface area contributed by atoms with Gasteiger partial charge in [-0.05, 0) is 29.8 Å². The number of benzene rings is 2. The lowest BCUT2D eigenvalue weighted by molar-refractivity contribution is -0.127. The summed E-state index contributed by atoms with van der Waals surface area (Å²) >= 11 is 12.1. The van der Waals surface area contributed by atoms with E-state index in [4.69, 9.17) is 23.2 Å². The minimum atomic E-state index is -0.104.